The van der Waals surface area contributed by atoms with Crippen LogP contribution < -0.4 is 5.32 Å². The van der Waals surface area contributed by atoms with Crippen LogP contribution in [-0.2, 0) is 4.79 Å². The summed E-state index contributed by atoms with van der Waals surface area (Å²) in [6, 6.07) is 5.90. The van der Waals surface area contributed by atoms with E-state index in [2.05, 4.69) is 5.32 Å². The van der Waals surface area contributed by atoms with E-state index in [1.54, 1.807) is 17.9 Å². The molecule has 1 aliphatic heterocycles. The van der Waals surface area contributed by atoms with E-state index >= 15 is 0 Å². The molecule has 2 aliphatic rings. The highest BCUT2D eigenvalue weighted by atomic mass is 19.1. The number of urea groups is 1. The number of benzene rings is 1. The van der Waals surface area contributed by atoms with Crippen LogP contribution in [0.1, 0.15) is 50.6 Å². The van der Waals surface area contributed by atoms with Crippen molar-refractivity contribution in [2.24, 2.45) is 11.3 Å². The molecule has 1 saturated heterocycles. The molecule has 25 heavy (non-hydrogen) atoms. The number of carbonyl (C=O) groups is 2. The lowest BCUT2D eigenvalue weighted by molar-refractivity contribution is -0.147. The van der Waals surface area contributed by atoms with Gasteiger partial charge in [0.2, 0.25) is 0 Å². The van der Waals surface area contributed by atoms with Crippen molar-refractivity contribution < 1.29 is 19.1 Å². The topological polar surface area (TPSA) is 69.6 Å². The molecule has 2 N–H and O–H groups in total. The fourth-order valence-corrected chi connectivity index (χ4v) is 4.00. The molecular weight excluding hydrogens is 323 g/mol. The average Bonchev–Trinajstić information content (AvgIpc) is 3.23. The Morgan fingerprint density at radius 2 is 2.08 bits per heavy atom. The number of nitrogens with zero attached hydrogens (tertiary/aromatic N) is 1. The third-order valence-electron chi connectivity index (χ3n) is 5.63. The zero-order valence-electron chi connectivity index (χ0n) is 14.5. The summed E-state index contributed by atoms with van der Waals surface area (Å²) in [5.74, 6) is -0.895. The van der Waals surface area contributed by atoms with Crippen LogP contribution >= 0.6 is 0 Å². The molecule has 0 bridgehead atoms. The lowest BCUT2D eigenvalue weighted by atomic mass is 9.90. The van der Waals surface area contributed by atoms with Gasteiger partial charge >= 0.3 is 12.0 Å². The number of halogens is 1. The van der Waals surface area contributed by atoms with E-state index in [1.165, 1.54) is 12.1 Å². The summed E-state index contributed by atoms with van der Waals surface area (Å²) in [5.41, 5.74) is -0.112. The van der Waals surface area contributed by atoms with Crippen LogP contribution in [-0.4, -0.2) is 35.1 Å². The number of carbonyl (C=O) groups excluding carboxylic acids is 1. The van der Waals surface area contributed by atoms with E-state index in [0.717, 1.165) is 31.2 Å². The SMILES string of the molecule is CC1(C(=O)O)CCN(C(=O)NC(c2cccc(F)c2)C2CCCC2)C1. The van der Waals surface area contributed by atoms with Crippen molar-refractivity contribution in [3.63, 3.8) is 0 Å². The smallest absolute Gasteiger partial charge is 0.317 e. The van der Waals surface area contributed by atoms with Gasteiger partial charge in [-0.3, -0.25) is 4.79 Å². The van der Waals surface area contributed by atoms with Gasteiger partial charge in [-0.25, -0.2) is 9.18 Å². The zero-order chi connectivity index (χ0) is 18.0. The van der Waals surface area contributed by atoms with Crippen LogP contribution in [0.3, 0.4) is 0 Å². The molecule has 5 nitrogen and oxygen atoms in total. The van der Waals surface area contributed by atoms with E-state index in [4.69, 9.17) is 0 Å². The molecule has 2 fully saturated rings. The number of hydrogen-bond acceptors (Lipinski definition) is 2. The van der Waals surface area contributed by atoms with Gasteiger partial charge in [-0.15, -0.1) is 0 Å². The molecule has 1 aromatic rings. The lowest BCUT2D eigenvalue weighted by Crippen LogP contribution is -2.43. The quantitative estimate of drug-likeness (QED) is 0.874. The molecule has 6 heteroatoms. The molecule has 0 spiro atoms. The van der Waals surface area contributed by atoms with Gasteiger partial charge in [0.1, 0.15) is 5.82 Å². The Labute approximate surface area is 147 Å². The number of carboxylic acid groups (broad SMARTS) is 1. The zero-order valence-corrected chi connectivity index (χ0v) is 14.5. The van der Waals surface area contributed by atoms with E-state index in [0.29, 0.717) is 18.9 Å². The maximum Gasteiger partial charge on any atom is 0.317 e. The number of rotatable bonds is 4. The first-order chi connectivity index (χ1) is 11.9. The highest BCUT2D eigenvalue weighted by molar-refractivity contribution is 5.79. The number of hydrogen-bond donors (Lipinski definition) is 2. The van der Waals surface area contributed by atoms with Gasteiger partial charge in [-0.05, 0) is 49.8 Å². The van der Waals surface area contributed by atoms with Gasteiger partial charge in [0.05, 0.1) is 11.5 Å². The largest absolute Gasteiger partial charge is 0.481 e. The van der Waals surface area contributed by atoms with Crippen molar-refractivity contribution in [1.82, 2.24) is 10.2 Å². The minimum atomic E-state index is -0.890. The Hall–Kier alpha value is -2.11. The van der Waals surface area contributed by atoms with Crippen molar-refractivity contribution in [1.29, 1.82) is 0 Å². The summed E-state index contributed by atoms with van der Waals surface area (Å²) in [6.45, 7) is 2.30. The molecule has 1 saturated carbocycles. The first-order valence-electron chi connectivity index (χ1n) is 8.93. The second-order valence-corrected chi connectivity index (χ2v) is 7.56. The van der Waals surface area contributed by atoms with Crippen molar-refractivity contribution >= 4 is 12.0 Å². The minimum absolute atomic E-state index is 0.203. The molecule has 136 valence electrons. The summed E-state index contributed by atoms with van der Waals surface area (Å²) < 4.78 is 13.7. The first kappa shape index (κ1) is 17.7. The molecule has 3 rings (SSSR count). The van der Waals surface area contributed by atoms with Crippen molar-refractivity contribution in [3.05, 3.63) is 35.6 Å². The van der Waals surface area contributed by atoms with Crippen LogP contribution in [0.25, 0.3) is 0 Å². The molecule has 0 aromatic heterocycles. The van der Waals surface area contributed by atoms with E-state index in [1.807, 2.05) is 6.07 Å². The van der Waals surface area contributed by atoms with Gasteiger partial charge in [-0.1, -0.05) is 25.0 Å². The van der Waals surface area contributed by atoms with Gasteiger partial charge in [0.15, 0.2) is 0 Å². The van der Waals surface area contributed by atoms with Gasteiger partial charge < -0.3 is 15.3 Å². The standard InChI is InChI=1S/C19H25FN2O3/c1-19(17(23)24)9-10-22(12-19)18(25)21-16(13-5-2-3-6-13)14-7-4-8-15(20)11-14/h4,7-8,11,13,16H,2-3,5-6,9-10,12H2,1H3,(H,21,25)(H,23,24). The van der Waals surface area contributed by atoms with Gasteiger partial charge in [-0.2, -0.15) is 0 Å². The number of nitrogens with one attached hydrogen (secondary N) is 1. The summed E-state index contributed by atoms with van der Waals surface area (Å²) in [4.78, 5) is 25.7. The number of aliphatic carboxylic acids is 1. The Balaban J connectivity index is 1.74. The molecular formula is C19H25FN2O3. The average molecular weight is 348 g/mol. The number of carboxylic acids is 1. The molecule has 0 radical (unpaired) electrons. The Morgan fingerprint density at radius 3 is 2.68 bits per heavy atom. The normalized spacial score (nSPS) is 25.1. The Bertz CT molecular complexity index is 660. The second kappa shape index (κ2) is 7.02. The minimum Gasteiger partial charge on any atom is -0.481 e. The second-order valence-electron chi connectivity index (χ2n) is 7.56. The maximum atomic E-state index is 13.7. The van der Waals surface area contributed by atoms with E-state index in [-0.39, 0.29) is 24.4 Å². The van der Waals surface area contributed by atoms with Crippen molar-refractivity contribution in [2.75, 3.05) is 13.1 Å². The lowest BCUT2D eigenvalue weighted by Gasteiger charge is -2.28. The van der Waals surface area contributed by atoms with E-state index < -0.39 is 11.4 Å². The van der Waals surface area contributed by atoms with E-state index in [9.17, 15) is 19.1 Å². The Morgan fingerprint density at radius 1 is 1.36 bits per heavy atom. The third kappa shape index (κ3) is 3.78. The van der Waals surface area contributed by atoms with Crippen molar-refractivity contribution in [2.45, 2.75) is 45.1 Å². The summed E-state index contributed by atoms with van der Waals surface area (Å²) >= 11 is 0. The van der Waals surface area contributed by atoms with Gasteiger partial charge in [0, 0.05) is 13.1 Å². The van der Waals surface area contributed by atoms with Crippen LogP contribution in [0.4, 0.5) is 9.18 Å². The fraction of sp³-hybridized carbons (Fsp3) is 0.579. The molecule has 2 unspecified atom stereocenters. The molecule has 1 aliphatic carbocycles. The molecule has 2 atom stereocenters. The van der Waals surface area contributed by atoms with Crippen LogP contribution in [0.5, 0.6) is 0 Å². The number of likely N-dealkylation sites (tertiary alicyclic amines) is 1. The highest BCUT2D eigenvalue weighted by Crippen LogP contribution is 2.37. The highest BCUT2D eigenvalue weighted by Gasteiger charge is 2.42. The first-order valence-corrected chi connectivity index (χ1v) is 8.93. The molecule has 1 aromatic carbocycles. The Kier molecular flexibility index (Phi) is 4.97. The van der Waals surface area contributed by atoms with Crippen LogP contribution in [0.15, 0.2) is 24.3 Å². The summed E-state index contributed by atoms with van der Waals surface area (Å²) in [7, 11) is 0. The number of amides is 2. The monoisotopic (exact) mass is 348 g/mol. The predicted molar refractivity (Wildman–Crippen MR) is 91.6 cm³/mol. The summed E-state index contributed by atoms with van der Waals surface area (Å²) in [6.07, 6.45) is 4.70. The third-order valence-corrected chi connectivity index (χ3v) is 5.63. The maximum absolute atomic E-state index is 13.7. The van der Waals surface area contributed by atoms with Crippen LogP contribution in [0.2, 0.25) is 0 Å². The van der Waals surface area contributed by atoms with Gasteiger partial charge in [0.25, 0.3) is 0 Å². The molecule has 1 heterocycles. The van der Waals surface area contributed by atoms with Crippen molar-refractivity contribution in [3.8, 4) is 0 Å². The predicted octanol–water partition coefficient (Wildman–Crippen LogP) is 3.56. The molecule has 2 amide bonds. The fourth-order valence-electron chi connectivity index (χ4n) is 4.00. The van der Waals surface area contributed by atoms with Crippen LogP contribution in [0, 0.1) is 17.2 Å². The summed E-state index contributed by atoms with van der Waals surface area (Å²) in [5, 5.41) is 12.4.